The molecule has 0 aliphatic carbocycles. The first-order valence-electron chi connectivity index (χ1n) is 9.65. The first-order chi connectivity index (χ1) is 14.5. The molecule has 1 fully saturated rings. The van der Waals surface area contributed by atoms with Crippen molar-refractivity contribution >= 4 is 18.0 Å². The molecule has 0 unspecified atom stereocenters. The van der Waals surface area contributed by atoms with E-state index in [9.17, 15) is 14.7 Å². The van der Waals surface area contributed by atoms with Crippen LogP contribution in [0.4, 0.5) is 0 Å². The summed E-state index contributed by atoms with van der Waals surface area (Å²) in [5, 5.41) is 14.0. The lowest BCUT2D eigenvalue weighted by atomic mass is 9.95. The molecule has 2 N–H and O–H groups in total. The average Bonchev–Trinajstić information content (AvgIpc) is 2.79. The van der Waals surface area contributed by atoms with Gasteiger partial charge in [0.1, 0.15) is 5.75 Å². The van der Waals surface area contributed by atoms with Gasteiger partial charge < -0.3 is 19.5 Å². The summed E-state index contributed by atoms with van der Waals surface area (Å²) in [4.78, 5) is 26.8. The minimum Gasteiger partial charge on any atom is -0.504 e. The number of hydrogen-bond acceptors (Lipinski definition) is 6. The van der Waals surface area contributed by atoms with E-state index in [-0.39, 0.29) is 23.5 Å². The third-order valence-electron chi connectivity index (χ3n) is 5.10. The molecular formula is C22H25N3O5. The van der Waals surface area contributed by atoms with E-state index < -0.39 is 0 Å². The van der Waals surface area contributed by atoms with E-state index in [0.29, 0.717) is 48.6 Å². The second-order valence-electron chi connectivity index (χ2n) is 6.93. The van der Waals surface area contributed by atoms with Crippen LogP contribution in [0.15, 0.2) is 47.6 Å². The van der Waals surface area contributed by atoms with Gasteiger partial charge in [-0.25, -0.2) is 5.43 Å². The van der Waals surface area contributed by atoms with E-state index in [1.54, 1.807) is 54.5 Å². The number of likely N-dealkylation sites (tertiary alicyclic amines) is 1. The summed E-state index contributed by atoms with van der Waals surface area (Å²) < 4.78 is 10.2. The lowest BCUT2D eigenvalue weighted by Crippen LogP contribution is -2.42. The molecule has 1 saturated heterocycles. The summed E-state index contributed by atoms with van der Waals surface area (Å²) in [6, 6.07) is 12.1. The Balaban J connectivity index is 1.52. The molecule has 0 atom stereocenters. The minimum atomic E-state index is -0.226. The highest BCUT2D eigenvalue weighted by Crippen LogP contribution is 2.28. The van der Waals surface area contributed by atoms with Gasteiger partial charge in [-0.1, -0.05) is 12.1 Å². The number of hydrazone groups is 1. The average molecular weight is 411 g/mol. The van der Waals surface area contributed by atoms with Gasteiger partial charge in [-0.05, 0) is 43.2 Å². The van der Waals surface area contributed by atoms with Gasteiger partial charge in [0.15, 0.2) is 11.5 Å². The van der Waals surface area contributed by atoms with Crippen molar-refractivity contribution in [1.29, 1.82) is 0 Å². The third-order valence-corrected chi connectivity index (χ3v) is 5.10. The first kappa shape index (κ1) is 21.2. The minimum absolute atomic E-state index is 0.0395. The number of amides is 2. The molecule has 1 heterocycles. The van der Waals surface area contributed by atoms with Gasteiger partial charge in [0.2, 0.25) is 5.91 Å². The number of ether oxygens (including phenoxy) is 2. The van der Waals surface area contributed by atoms with Crippen LogP contribution in [0.3, 0.4) is 0 Å². The number of hydrogen-bond donors (Lipinski definition) is 2. The molecule has 2 aromatic carbocycles. The number of nitrogens with one attached hydrogen (secondary N) is 1. The van der Waals surface area contributed by atoms with E-state index in [1.165, 1.54) is 13.3 Å². The maximum Gasteiger partial charge on any atom is 0.253 e. The highest BCUT2D eigenvalue weighted by molar-refractivity contribution is 5.95. The van der Waals surface area contributed by atoms with Crippen LogP contribution in [0.5, 0.6) is 17.2 Å². The SMILES string of the molecule is COc1cccc(C(=O)N2CCC(C(=O)N/N=C\c3cccc(OC)c3O)CC2)c1. The number of piperidine rings is 1. The summed E-state index contributed by atoms with van der Waals surface area (Å²) >= 11 is 0. The maximum atomic E-state index is 12.7. The molecule has 0 radical (unpaired) electrons. The Morgan fingerprint density at radius 3 is 2.57 bits per heavy atom. The number of carbonyl (C=O) groups is 2. The molecule has 1 aliphatic rings. The van der Waals surface area contributed by atoms with Gasteiger partial charge in [0.05, 0.1) is 20.4 Å². The molecule has 1 aliphatic heterocycles. The normalized spacial score (nSPS) is 14.5. The largest absolute Gasteiger partial charge is 0.504 e. The number of phenolic OH excluding ortho intramolecular Hbond substituents is 1. The molecule has 8 nitrogen and oxygen atoms in total. The molecule has 0 spiro atoms. The summed E-state index contributed by atoms with van der Waals surface area (Å²) in [7, 11) is 3.02. The molecule has 3 rings (SSSR count). The van der Waals surface area contributed by atoms with E-state index in [2.05, 4.69) is 10.5 Å². The third kappa shape index (κ3) is 4.89. The first-order valence-corrected chi connectivity index (χ1v) is 9.65. The monoisotopic (exact) mass is 411 g/mol. The van der Waals surface area contributed by atoms with Crippen molar-refractivity contribution in [3.05, 3.63) is 53.6 Å². The smallest absolute Gasteiger partial charge is 0.253 e. The zero-order valence-electron chi connectivity index (χ0n) is 17.0. The second-order valence-corrected chi connectivity index (χ2v) is 6.93. The lowest BCUT2D eigenvalue weighted by molar-refractivity contribution is -0.126. The Kier molecular flexibility index (Phi) is 6.90. The van der Waals surface area contributed by atoms with Crippen LogP contribution in [0.25, 0.3) is 0 Å². The summed E-state index contributed by atoms with van der Waals surface area (Å²) in [6.07, 6.45) is 2.49. The Bertz CT molecular complexity index is 936. The Morgan fingerprint density at radius 1 is 1.13 bits per heavy atom. The Hall–Kier alpha value is -3.55. The summed E-state index contributed by atoms with van der Waals surface area (Å²) in [5.41, 5.74) is 3.52. The molecule has 2 amide bonds. The van der Waals surface area contributed by atoms with Crippen LogP contribution >= 0.6 is 0 Å². The van der Waals surface area contributed by atoms with Crippen LogP contribution < -0.4 is 14.9 Å². The molecule has 0 saturated carbocycles. The van der Waals surface area contributed by atoms with Crippen LogP contribution in [0.2, 0.25) is 0 Å². The molecule has 0 bridgehead atoms. The quantitative estimate of drug-likeness (QED) is 0.562. The highest BCUT2D eigenvalue weighted by atomic mass is 16.5. The predicted octanol–water partition coefficient (Wildman–Crippen LogP) is 2.41. The van der Waals surface area contributed by atoms with E-state index in [0.717, 1.165) is 0 Å². The van der Waals surface area contributed by atoms with Gasteiger partial charge in [-0.3, -0.25) is 9.59 Å². The fourth-order valence-corrected chi connectivity index (χ4v) is 3.35. The predicted molar refractivity (Wildman–Crippen MR) is 112 cm³/mol. The van der Waals surface area contributed by atoms with Gasteiger partial charge in [-0.2, -0.15) is 5.10 Å². The van der Waals surface area contributed by atoms with Crippen molar-refractivity contribution in [3.8, 4) is 17.2 Å². The molecular weight excluding hydrogens is 386 g/mol. The van der Waals surface area contributed by atoms with Gasteiger partial charge >= 0.3 is 0 Å². The Labute approximate surface area is 175 Å². The van der Waals surface area contributed by atoms with Crippen molar-refractivity contribution in [3.63, 3.8) is 0 Å². The summed E-state index contributed by atoms with van der Waals surface area (Å²) in [5.74, 6) is 0.424. The van der Waals surface area contributed by atoms with E-state index in [4.69, 9.17) is 9.47 Å². The van der Waals surface area contributed by atoms with Crippen LogP contribution in [0.1, 0.15) is 28.8 Å². The second kappa shape index (κ2) is 9.78. The molecule has 0 aromatic heterocycles. The lowest BCUT2D eigenvalue weighted by Gasteiger charge is -2.31. The van der Waals surface area contributed by atoms with Crippen LogP contribution in [-0.4, -0.2) is 55.3 Å². The van der Waals surface area contributed by atoms with Crippen molar-refractivity contribution in [2.45, 2.75) is 12.8 Å². The molecule has 158 valence electrons. The number of nitrogens with zero attached hydrogens (tertiary/aromatic N) is 2. The highest BCUT2D eigenvalue weighted by Gasteiger charge is 2.27. The van der Waals surface area contributed by atoms with Crippen molar-refractivity contribution in [2.24, 2.45) is 11.0 Å². The number of aromatic hydroxyl groups is 1. The number of rotatable bonds is 6. The van der Waals surface area contributed by atoms with Crippen molar-refractivity contribution in [1.82, 2.24) is 10.3 Å². The number of benzene rings is 2. The topological polar surface area (TPSA) is 100 Å². The molecule has 8 heteroatoms. The number of carbonyl (C=O) groups excluding carboxylic acids is 2. The van der Waals surface area contributed by atoms with Gasteiger partial charge in [0.25, 0.3) is 5.91 Å². The number of para-hydroxylation sites is 1. The van der Waals surface area contributed by atoms with E-state index >= 15 is 0 Å². The van der Waals surface area contributed by atoms with Crippen LogP contribution in [0, 0.1) is 5.92 Å². The Morgan fingerprint density at radius 2 is 1.87 bits per heavy atom. The number of phenols is 1. The van der Waals surface area contributed by atoms with Gasteiger partial charge in [0, 0.05) is 30.1 Å². The molecule has 30 heavy (non-hydrogen) atoms. The van der Waals surface area contributed by atoms with E-state index in [1.807, 2.05) is 0 Å². The fourth-order valence-electron chi connectivity index (χ4n) is 3.35. The zero-order valence-corrected chi connectivity index (χ0v) is 17.0. The zero-order chi connectivity index (χ0) is 21.5. The van der Waals surface area contributed by atoms with Gasteiger partial charge in [-0.15, -0.1) is 0 Å². The van der Waals surface area contributed by atoms with Crippen LogP contribution in [-0.2, 0) is 4.79 Å². The van der Waals surface area contributed by atoms with Crippen molar-refractivity contribution < 1.29 is 24.2 Å². The van der Waals surface area contributed by atoms with Crippen molar-refractivity contribution in [2.75, 3.05) is 27.3 Å². The summed E-state index contributed by atoms with van der Waals surface area (Å²) in [6.45, 7) is 0.989. The fraction of sp³-hybridized carbons (Fsp3) is 0.318. The molecule has 2 aromatic rings. The maximum absolute atomic E-state index is 12.7. The number of methoxy groups -OCH3 is 2. The standard InChI is InChI=1S/C22H25N3O5/c1-29-18-7-3-5-16(13-18)22(28)25-11-9-15(10-12-25)21(27)24-23-14-17-6-4-8-19(30-2)20(17)26/h3-8,13-15,26H,9-12H2,1-2H3,(H,24,27)/b23-14-.